The molecule has 1 aliphatic heterocycles. The maximum absolute atomic E-state index is 12.3. The number of amides is 1. The van der Waals surface area contributed by atoms with Crippen LogP contribution in [-0.2, 0) is 4.74 Å². The monoisotopic (exact) mass is 385 g/mol. The largest absolute Gasteiger partial charge is 0.444 e. The Morgan fingerprint density at radius 3 is 2.68 bits per heavy atom. The van der Waals surface area contributed by atoms with Crippen LogP contribution < -0.4 is 10.6 Å². The Kier molecular flexibility index (Phi) is 5.97. The van der Waals surface area contributed by atoms with Crippen molar-refractivity contribution in [2.45, 2.75) is 64.5 Å². The van der Waals surface area contributed by atoms with Crippen molar-refractivity contribution in [3.05, 3.63) is 11.9 Å². The number of hydrogen-bond donors (Lipinski definition) is 1. The van der Waals surface area contributed by atoms with Gasteiger partial charge in [-0.05, 0) is 46.0 Å². The van der Waals surface area contributed by atoms with Crippen molar-refractivity contribution in [3.8, 4) is 11.8 Å². The first kappa shape index (κ1) is 20.2. The lowest BCUT2D eigenvalue weighted by molar-refractivity contribution is 0.0238. The fourth-order valence-electron chi connectivity index (χ4n) is 3.66. The summed E-state index contributed by atoms with van der Waals surface area (Å²) < 4.78 is 5.48. The van der Waals surface area contributed by atoms with Crippen LogP contribution >= 0.6 is 0 Å². The number of nitrogens with two attached hydrogens (primary N) is 1. The van der Waals surface area contributed by atoms with E-state index in [1.807, 2.05) is 20.8 Å². The highest BCUT2D eigenvalue weighted by Gasteiger charge is 2.31. The van der Waals surface area contributed by atoms with E-state index in [-0.39, 0.29) is 12.1 Å². The number of aromatic nitrogens is 2. The number of likely N-dealkylation sites (N-methyl/N-ethyl adjacent to an activating group) is 1. The van der Waals surface area contributed by atoms with Gasteiger partial charge in [0, 0.05) is 32.1 Å². The number of nitrogen functional groups attached to an aromatic ring is 1. The summed E-state index contributed by atoms with van der Waals surface area (Å²) in [5, 5.41) is 0. The van der Waals surface area contributed by atoms with Gasteiger partial charge in [0.2, 0.25) is 5.82 Å². The molecule has 1 aromatic rings. The lowest BCUT2D eigenvalue weighted by atomic mass is 10.1. The molecule has 2 fully saturated rings. The maximum atomic E-state index is 12.3. The van der Waals surface area contributed by atoms with E-state index in [0.717, 1.165) is 31.6 Å². The van der Waals surface area contributed by atoms with Crippen LogP contribution in [0.5, 0.6) is 0 Å². The molecule has 7 nitrogen and oxygen atoms in total. The van der Waals surface area contributed by atoms with Gasteiger partial charge < -0.3 is 20.3 Å². The van der Waals surface area contributed by atoms with Crippen LogP contribution in [-0.4, -0.2) is 52.7 Å². The van der Waals surface area contributed by atoms with Crippen molar-refractivity contribution in [3.63, 3.8) is 0 Å². The van der Waals surface area contributed by atoms with E-state index in [2.05, 4.69) is 26.7 Å². The first-order valence-corrected chi connectivity index (χ1v) is 10.1. The Balaban J connectivity index is 1.66. The van der Waals surface area contributed by atoms with Crippen LogP contribution in [0.1, 0.15) is 58.7 Å². The second kappa shape index (κ2) is 8.26. The highest BCUT2D eigenvalue weighted by Crippen LogP contribution is 2.25. The first-order chi connectivity index (χ1) is 13.2. The summed E-state index contributed by atoms with van der Waals surface area (Å²) in [5.74, 6) is 8.51. The van der Waals surface area contributed by atoms with E-state index < -0.39 is 5.60 Å². The molecular weight excluding hydrogens is 354 g/mol. The number of nitrogens with zero attached hydrogens (tertiary/aromatic N) is 4. The molecule has 0 radical (unpaired) electrons. The lowest BCUT2D eigenvalue weighted by Gasteiger charge is -2.28. The molecule has 1 saturated heterocycles. The molecule has 1 saturated carbocycles. The maximum Gasteiger partial charge on any atom is 0.410 e. The van der Waals surface area contributed by atoms with E-state index in [4.69, 9.17) is 10.5 Å². The second-order valence-corrected chi connectivity index (χ2v) is 8.71. The second-order valence-electron chi connectivity index (χ2n) is 8.71. The predicted molar refractivity (Wildman–Crippen MR) is 110 cm³/mol. The average Bonchev–Trinajstić information content (AvgIpc) is 3.29. The van der Waals surface area contributed by atoms with Gasteiger partial charge in [-0.15, -0.1) is 0 Å². The van der Waals surface area contributed by atoms with E-state index in [1.54, 1.807) is 18.0 Å². The van der Waals surface area contributed by atoms with Crippen molar-refractivity contribution in [2.24, 2.45) is 5.92 Å². The van der Waals surface area contributed by atoms with Crippen LogP contribution in [0.2, 0.25) is 0 Å². The van der Waals surface area contributed by atoms with Gasteiger partial charge in [-0.3, -0.25) is 0 Å². The average molecular weight is 386 g/mol. The molecule has 2 heterocycles. The van der Waals surface area contributed by atoms with Gasteiger partial charge in [-0.1, -0.05) is 18.8 Å². The van der Waals surface area contributed by atoms with Crippen LogP contribution in [0.3, 0.4) is 0 Å². The first-order valence-electron chi connectivity index (χ1n) is 10.1. The lowest BCUT2D eigenvalue weighted by Crippen LogP contribution is -2.42. The van der Waals surface area contributed by atoms with Gasteiger partial charge in [0.05, 0.1) is 6.04 Å². The third-order valence-corrected chi connectivity index (χ3v) is 5.19. The normalized spacial score (nSPS) is 20.0. The molecule has 3 rings (SSSR count). The predicted octanol–water partition coefficient (Wildman–Crippen LogP) is 3.05. The standard InChI is InChI=1S/C21H31N5O2/c1-21(2,3)28-20(27)25(4)16-11-12-26(14-16)19-13-17(22)23-18(24-19)10-9-15-7-5-6-8-15/h13,15-16H,5-8,11-12,14H2,1-4H3,(H2,22,23,24)/t16-/m1/s1. The molecule has 1 aliphatic carbocycles. The number of ether oxygens (including phenoxy) is 1. The van der Waals surface area contributed by atoms with Crippen molar-refractivity contribution >= 4 is 17.7 Å². The fourth-order valence-corrected chi connectivity index (χ4v) is 3.66. The van der Waals surface area contributed by atoms with Crippen LogP contribution in [0.25, 0.3) is 0 Å². The summed E-state index contributed by atoms with van der Waals surface area (Å²) in [5.41, 5.74) is 5.49. The van der Waals surface area contributed by atoms with Crippen LogP contribution in [0, 0.1) is 17.8 Å². The van der Waals surface area contributed by atoms with Crippen LogP contribution in [0.15, 0.2) is 6.07 Å². The number of rotatable bonds is 2. The number of carbonyl (C=O) groups excluding carboxylic acids is 1. The van der Waals surface area contributed by atoms with Gasteiger partial charge in [-0.25, -0.2) is 14.8 Å². The number of hydrogen-bond acceptors (Lipinski definition) is 6. The minimum atomic E-state index is -0.502. The summed E-state index contributed by atoms with van der Waals surface area (Å²) in [4.78, 5) is 25.0. The highest BCUT2D eigenvalue weighted by molar-refractivity contribution is 5.68. The van der Waals surface area contributed by atoms with Crippen molar-refractivity contribution < 1.29 is 9.53 Å². The third-order valence-electron chi connectivity index (χ3n) is 5.19. The summed E-state index contributed by atoms with van der Waals surface area (Å²) in [6.07, 6.45) is 5.37. The molecule has 1 atom stereocenters. The SMILES string of the molecule is CN(C(=O)OC(C)(C)C)[C@@H]1CCN(c2cc(N)nc(C#CC3CCCC3)n2)C1. The molecule has 2 N–H and O–H groups in total. The zero-order valence-electron chi connectivity index (χ0n) is 17.4. The van der Waals surface area contributed by atoms with Gasteiger partial charge in [0.25, 0.3) is 0 Å². The Bertz CT molecular complexity index is 771. The molecule has 152 valence electrons. The Morgan fingerprint density at radius 2 is 2.00 bits per heavy atom. The molecule has 1 amide bonds. The van der Waals surface area contributed by atoms with Crippen molar-refractivity contribution in [1.82, 2.24) is 14.9 Å². The van der Waals surface area contributed by atoms with E-state index >= 15 is 0 Å². The third kappa shape index (κ3) is 5.28. The summed E-state index contributed by atoms with van der Waals surface area (Å²) in [6, 6.07) is 1.84. The zero-order chi connectivity index (χ0) is 20.3. The summed E-state index contributed by atoms with van der Waals surface area (Å²) >= 11 is 0. The molecule has 0 bridgehead atoms. The molecule has 7 heteroatoms. The highest BCUT2D eigenvalue weighted by atomic mass is 16.6. The van der Waals surface area contributed by atoms with Gasteiger partial charge in [0.1, 0.15) is 17.2 Å². The number of carbonyl (C=O) groups is 1. The van der Waals surface area contributed by atoms with Crippen molar-refractivity contribution in [1.29, 1.82) is 0 Å². The van der Waals surface area contributed by atoms with E-state index in [0.29, 0.717) is 24.1 Å². The minimum Gasteiger partial charge on any atom is -0.444 e. The molecule has 0 aromatic carbocycles. The molecule has 2 aliphatic rings. The topological polar surface area (TPSA) is 84.6 Å². The zero-order valence-corrected chi connectivity index (χ0v) is 17.4. The quantitative estimate of drug-likeness (QED) is 0.788. The molecule has 0 spiro atoms. The molecular formula is C21H31N5O2. The number of anilines is 2. The van der Waals surface area contributed by atoms with Crippen LogP contribution in [0.4, 0.5) is 16.4 Å². The summed E-state index contributed by atoms with van der Waals surface area (Å²) in [6.45, 7) is 7.10. The molecule has 0 unspecified atom stereocenters. The Morgan fingerprint density at radius 1 is 1.29 bits per heavy atom. The summed E-state index contributed by atoms with van der Waals surface area (Å²) in [7, 11) is 1.79. The fraction of sp³-hybridized carbons (Fsp3) is 0.667. The molecule has 1 aromatic heterocycles. The smallest absolute Gasteiger partial charge is 0.410 e. The minimum absolute atomic E-state index is 0.0686. The Hall–Kier alpha value is -2.49. The van der Waals surface area contributed by atoms with E-state index in [1.165, 1.54) is 12.8 Å². The van der Waals surface area contributed by atoms with Crippen molar-refractivity contribution in [2.75, 3.05) is 30.8 Å². The Labute approximate surface area is 167 Å². The van der Waals surface area contributed by atoms with Gasteiger partial charge in [0.15, 0.2) is 0 Å². The van der Waals surface area contributed by atoms with Gasteiger partial charge >= 0.3 is 6.09 Å². The van der Waals surface area contributed by atoms with Gasteiger partial charge in [-0.2, -0.15) is 0 Å². The molecule has 28 heavy (non-hydrogen) atoms. The van der Waals surface area contributed by atoms with E-state index in [9.17, 15) is 4.79 Å².